The Bertz CT molecular complexity index is 477. The number of hydrogen-bond acceptors (Lipinski definition) is 1. The van der Waals surface area contributed by atoms with Crippen LogP contribution in [0.3, 0.4) is 0 Å². The highest BCUT2D eigenvalue weighted by Gasteiger charge is 2.01. The third kappa shape index (κ3) is 3.01. The van der Waals surface area contributed by atoms with Crippen molar-refractivity contribution in [2.45, 2.75) is 13.3 Å². The van der Waals surface area contributed by atoms with E-state index in [4.69, 9.17) is 11.6 Å². The number of hydrogen-bond donors (Lipinski definition) is 1. The van der Waals surface area contributed by atoms with Gasteiger partial charge in [-0.3, -0.25) is 0 Å². The van der Waals surface area contributed by atoms with Crippen LogP contribution in [-0.2, 0) is 0 Å². The molecule has 2 heteroatoms. The van der Waals surface area contributed by atoms with Crippen LogP contribution in [0.15, 0.2) is 48.5 Å². The van der Waals surface area contributed by atoms with Crippen LogP contribution in [0.4, 0.5) is 5.69 Å². The van der Waals surface area contributed by atoms with Crippen molar-refractivity contribution in [2.75, 3.05) is 11.9 Å². The van der Waals surface area contributed by atoms with Crippen molar-refractivity contribution >= 4 is 17.3 Å². The van der Waals surface area contributed by atoms with Crippen molar-refractivity contribution in [1.82, 2.24) is 0 Å². The molecule has 0 radical (unpaired) electrons. The molecule has 0 atom stereocenters. The van der Waals surface area contributed by atoms with E-state index in [0.29, 0.717) is 0 Å². The first-order valence-corrected chi connectivity index (χ1v) is 6.28. The molecule has 0 aliphatic heterocycles. The van der Waals surface area contributed by atoms with Crippen molar-refractivity contribution in [3.63, 3.8) is 0 Å². The molecule has 0 saturated heterocycles. The summed E-state index contributed by atoms with van der Waals surface area (Å²) in [6, 6.07) is 16.3. The van der Waals surface area contributed by atoms with Gasteiger partial charge in [0.1, 0.15) is 0 Å². The molecule has 0 heterocycles. The summed E-state index contributed by atoms with van der Waals surface area (Å²) < 4.78 is 0. The van der Waals surface area contributed by atoms with E-state index in [0.717, 1.165) is 34.8 Å². The van der Waals surface area contributed by atoms with Crippen molar-refractivity contribution in [2.24, 2.45) is 0 Å². The summed E-state index contributed by atoms with van der Waals surface area (Å²) >= 11 is 6.17. The zero-order valence-corrected chi connectivity index (χ0v) is 10.7. The summed E-state index contributed by atoms with van der Waals surface area (Å²) in [5.74, 6) is 0. The lowest BCUT2D eigenvalue weighted by atomic mass is 10.1. The van der Waals surface area contributed by atoms with Gasteiger partial charge in [0, 0.05) is 22.8 Å². The number of rotatable bonds is 4. The number of nitrogens with one attached hydrogen (secondary N) is 1. The van der Waals surface area contributed by atoms with Crippen LogP contribution in [0, 0.1) is 0 Å². The lowest BCUT2D eigenvalue weighted by molar-refractivity contribution is 0.980. The molecule has 0 aliphatic rings. The Morgan fingerprint density at radius 3 is 2.35 bits per heavy atom. The molecule has 0 aliphatic carbocycles. The first kappa shape index (κ1) is 12.0. The molecule has 0 bridgehead atoms. The summed E-state index contributed by atoms with van der Waals surface area (Å²) in [4.78, 5) is 0. The van der Waals surface area contributed by atoms with E-state index in [1.165, 1.54) is 0 Å². The van der Waals surface area contributed by atoms with E-state index in [1.54, 1.807) is 0 Å². The Hall–Kier alpha value is -1.47. The molecule has 2 rings (SSSR count). The molecule has 17 heavy (non-hydrogen) atoms. The van der Waals surface area contributed by atoms with Gasteiger partial charge >= 0.3 is 0 Å². The molecular formula is C15H16ClN. The molecular weight excluding hydrogens is 230 g/mol. The van der Waals surface area contributed by atoms with Crippen molar-refractivity contribution in [1.29, 1.82) is 0 Å². The van der Waals surface area contributed by atoms with Gasteiger partial charge in [-0.1, -0.05) is 48.9 Å². The first-order valence-electron chi connectivity index (χ1n) is 5.90. The van der Waals surface area contributed by atoms with Gasteiger partial charge < -0.3 is 5.32 Å². The number of benzene rings is 2. The van der Waals surface area contributed by atoms with Gasteiger partial charge in [0.05, 0.1) is 0 Å². The Balaban J connectivity index is 2.21. The lowest BCUT2D eigenvalue weighted by Crippen LogP contribution is -1.98. The third-order valence-electron chi connectivity index (χ3n) is 2.65. The van der Waals surface area contributed by atoms with E-state index < -0.39 is 0 Å². The Kier molecular flexibility index (Phi) is 4.05. The molecule has 0 aromatic heterocycles. The zero-order chi connectivity index (χ0) is 12.1. The van der Waals surface area contributed by atoms with E-state index in [2.05, 4.69) is 36.5 Å². The smallest absolute Gasteiger partial charge is 0.0484 e. The molecule has 1 N–H and O–H groups in total. The molecule has 0 spiro atoms. The van der Waals surface area contributed by atoms with Gasteiger partial charge in [0.2, 0.25) is 0 Å². The second-order valence-electron chi connectivity index (χ2n) is 3.98. The van der Waals surface area contributed by atoms with Gasteiger partial charge in [0.25, 0.3) is 0 Å². The van der Waals surface area contributed by atoms with Crippen molar-refractivity contribution in [3.05, 3.63) is 53.6 Å². The monoisotopic (exact) mass is 245 g/mol. The maximum Gasteiger partial charge on any atom is 0.0484 e. The molecule has 1 nitrogen and oxygen atoms in total. The van der Waals surface area contributed by atoms with E-state index in [-0.39, 0.29) is 0 Å². The second kappa shape index (κ2) is 5.74. The standard InChI is InChI=1S/C15H16ClN/c1-2-11-17-13-9-7-12(8-10-13)14-5-3-4-6-15(14)16/h3-10,17H,2,11H2,1H3. The topological polar surface area (TPSA) is 12.0 Å². The highest BCUT2D eigenvalue weighted by Crippen LogP contribution is 2.28. The molecule has 88 valence electrons. The summed E-state index contributed by atoms with van der Waals surface area (Å²) in [6.45, 7) is 3.16. The average Bonchev–Trinajstić information content (AvgIpc) is 2.38. The molecule has 0 unspecified atom stereocenters. The Morgan fingerprint density at radius 2 is 1.71 bits per heavy atom. The fourth-order valence-electron chi connectivity index (χ4n) is 1.73. The minimum Gasteiger partial charge on any atom is -0.385 e. The van der Waals surface area contributed by atoms with Crippen LogP contribution in [-0.4, -0.2) is 6.54 Å². The summed E-state index contributed by atoms with van der Waals surface area (Å²) in [5, 5.41) is 4.15. The third-order valence-corrected chi connectivity index (χ3v) is 2.98. The van der Waals surface area contributed by atoms with E-state index in [1.807, 2.05) is 24.3 Å². The highest BCUT2D eigenvalue weighted by atomic mass is 35.5. The minimum absolute atomic E-state index is 0.793. The van der Waals surface area contributed by atoms with Crippen LogP contribution < -0.4 is 5.32 Å². The normalized spacial score (nSPS) is 10.2. The largest absolute Gasteiger partial charge is 0.385 e. The maximum atomic E-state index is 6.17. The van der Waals surface area contributed by atoms with Crippen LogP contribution in [0.5, 0.6) is 0 Å². The minimum atomic E-state index is 0.793. The molecule has 0 saturated carbocycles. The van der Waals surface area contributed by atoms with Crippen LogP contribution >= 0.6 is 11.6 Å². The van der Waals surface area contributed by atoms with Crippen molar-refractivity contribution < 1.29 is 0 Å². The number of anilines is 1. The van der Waals surface area contributed by atoms with Crippen LogP contribution in [0.25, 0.3) is 11.1 Å². The quantitative estimate of drug-likeness (QED) is 0.814. The molecule has 2 aromatic rings. The number of halogens is 1. The SMILES string of the molecule is CCCNc1ccc(-c2ccccc2Cl)cc1. The maximum absolute atomic E-state index is 6.17. The van der Waals surface area contributed by atoms with Gasteiger partial charge in [-0.25, -0.2) is 0 Å². The van der Waals surface area contributed by atoms with Gasteiger partial charge in [0.15, 0.2) is 0 Å². The molecule has 0 amide bonds. The fraction of sp³-hybridized carbons (Fsp3) is 0.200. The van der Waals surface area contributed by atoms with Crippen LogP contribution in [0.2, 0.25) is 5.02 Å². The van der Waals surface area contributed by atoms with Gasteiger partial charge in [-0.15, -0.1) is 0 Å². The zero-order valence-electron chi connectivity index (χ0n) is 9.91. The van der Waals surface area contributed by atoms with Crippen LogP contribution in [0.1, 0.15) is 13.3 Å². The summed E-state index contributed by atoms with van der Waals surface area (Å²) in [7, 11) is 0. The molecule has 0 fully saturated rings. The van der Waals surface area contributed by atoms with Gasteiger partial charge in [-0.2, -0.15) is 0 Å². The van der Waals surface area contributed by atoms with Crippen molar-refractivity contribution in [3.8, 4) is 11.1 Å². The Morgan fingerprint density at radius 1 is 1.00 bits per heavy atom. The summed E-state index contributed by atoms with van der Waals surface area (Å²) in [6.07, 6.45) is 1.13. The van der Waals surface area contributed by atoms with E-state index >= 15 is 0 Å². The lowest BCUT2D eigenvalue weighted by Gasteiger charge is -2.07. The predicted molar refractivity (Wildman–Crippen MR) is 75.7 cm³/mol. The average molecular weight is 246 g/mol. The highest BCUT2D eigenvalue weighted by molar-refractivity contribution is 6.33. The predicted octanol–water partition coefficient (Wildman–Crippen LogP) is 4.83. The van der Waals surface area contributed by atoms with Gasteiger partial charge in [-0.05, 0) is 30.2 Å². The summed E-state index contributed by atoms with van der Waals surface area (Å²) in [5.41, 5.74) is 3.39. The second-order valence-corrected chi connectivity index (χ2v) is 4.39. The molecule has 2 aromatic carbocycles. The van der Waals surface area contributed by atoms with E-state index in [9.17, 15) is 0 Å². The Labute approximate surface area is 107 Å². The first-order chi connectivity index (χ1) is 8.31. The fourth-order valence-corrected chi connectivity index (χ4v) is 1.98.